The van der Waals surface area contributed by atoms with Gasteiger partial charge in [0.15, 0.2) is 0 Å². The van der Waals surface area contributed by atoms with E-state index >= 15 is 0 Å². The van der Waals surface area contributed by atoms with Crippen LogP contribution in [0.3, 0.4) is 0 Å². The first-order valence-corrected chi connectivity index (χ1v) is 27.7. The molecule has 44 heavy (non-hydrogen) atoms. The number of hydrogen-bond donors (Lipinski definition) is 0. The fourth-order valence-electron chi connectivity index (χ4n) is 8.27. The van der Waals surface area contributed by atoms with E-state index in [0.29, 0.717) is 17.2 Å². The van der Waals surface area contributed by atoms with Crippen LogP contribution in [0, 0.1) is 3.57 Å². The normalized spacial score (nSPS) is 20.4. The van der Waals surface area contributed by atoms with Gasteiger partial charge in [-0.2, -0.15) is 0 Å². The molecule has 1 aliphatic heterocycles. The molecule has 0 amide bonds. The van der Waals surface area contributed by atoms with Gasteiger partial charge in [0, 0.05) is 0 Å². The van der Waals surface area contributed by atoms with E-state index in [0.717, 1.165) is 5.75 Å². The molecule has 5 aromatic rings. The van der Waals surface area contributed by atoms with Crippen LogP contribution in [0.1, 0.15) is 72.8 Å². The quantitative estimate of drug-likeness (QED) is 0.132. The molecule has 1 nitrogen and oxygen atoms in total. The van der Waals surface area contributed by atoms with Crippen molar-refractivity contribution in [3.63, 3.8) is 0 Å². The molecule has 3 heteroatoms. The van der Waals surface area contributed by atoms with E-state index in [1.165, 1.54) is 94.7 Å². The third kappa shape index (κ3) is 4.43. The molecule has 1 heterocycles. The Kier molecular flexibility index (Phi) is 7.61. The van der Waals surface area contributed by atoms with Crippen LogP contribution in [0.2, 0.25) is 0 Å². The molecule has 1 fully saturated rings. The van der Waals surface area contributed by atoms with Gasteiger partial charge in [0.25, 0.3) is 0 Å². The number of hydrogen-bond acceptors (Lipinski definition) is 1. The topological polar surface area (TPSA) is 9.23 Å². The van der Waals surface area contributed by atoms with Gasteiger partial charge in [-0.1, -0.05) is 31.4 Å². The second kappa shape index (κ2) is 11.6. The van der Waals surface area contributed by atoms with Gasteiger partial charge >= 0.3 is 247 Å². The predicted molar refractivity (Wildman–Crippen MR) is 190 cm³/mol. The number of benzene rings is 5. The molecule has 5 aromatic carbocycles. The van der Waals surface area contributed by atoms with Gasteiger partial charge in [0.1, 0.15) is 0 Å². The third-order valence-electron chi connectivity index (χ3n) is 10.3. The molecule has 0 radical (unpaired) electrons. The molecule has 8 rings (SSSR count). The van der Waals surface area contributed by atoms with E-state index in [1.807, 2.05) is 0 Å². The summed E-state index contributed by atoms with van der Waals surface area (Å²) in [4.78, 5) is 4.96. The number of alkyl halides is 2. The van der Waals surface area contributed by atoms with Crippen LogP contribution in [-0.4, -0.2) is 9.86 Å². The summed E-state index contributed by atoms with van der Waals surface area (Å²) in [6.45, 7) is 0. The summed E-state index contributed by atoms with van der Waals surface area (Å²) in [6, 6.07) is 38.7. The predicted octanol–water partition coefficient (Wildman–Crippen LogP) is 8.14. The average Bonchev–Trinajstić information content (AvgIpc) is 3.37. The van der Waals surface area contributed by atoms with E-state index in [4.69, 9.17) is 4.74 Å². The van der Waals surface area contributed by atoms with Crippen molar-refractivity contribution in [2.75, 3.05) is 9.86 Å². The van der Waals surface area contributed by atoms with E-state index in [-0.39, 0.29) is 5.41 Å². The summed E-state index contributed by atoms with van der Waals surface area (Å²) < 4.78 is 9.17. The Bertz CT molecular complexity index is 1870. The summed E-state index contributed by atoms with van der Waals surface area (Å²) in [7, 11) is 0. The van der Waals surface area contributed by atoms with Crippen LogP contribution in [0.15, 0.2) is 109 Å². The summed E-state index contributed by atoms with van der Waals surface area (Å²) in [5, 5.41) is 2.55. The second-order valence-corrected chi connectivity index (χ2v) is 30.6. The summed E-state index contributed by atoms with van der Waals surface area (Å²) in [6.07, 6.45) is 13.8. The Morgan fingerprint density at radius 1 is 0.682 bits per heavy atom. The summed E-state index contributed by atoms with van der Waals surface area (Å²) in [5.41, 5.74) is 8.99. The fraction of sp³-hybridized carbons (Fsp3) is 0.268. The molecule has 224 valence electrons. The average molecular weight is 802 g/mol. The zero-order chi connectivity index (χ0) is 29.7. The molecule has 1 unspecified atom stereocenters. The van der Waals surface area contributed by atoms with Gasteiger partial charge in [-0.3, -0.25) is 0 Å². The molecule has 1 spiro atoms. The van der Waals surface area contributed by atoms with Crippen molar-refractivity contribution in [2.45, 2.75) is 56.0 Å². The third-order valence-corrected chi connectivity index (χ3v) is 25.4. The molecule has 2 aliphatic carbocycles. The van der Waals surface area contributed by atoms with Gasteiger partial charge in [-0.25, -0.2) is 0 Å². The van der Waals surface area contributed by atoms with E-state index < -0.39 is 21.4 Å². The Labute approximate surface area is 275 Å². The van der Waals surface area contributed by atoms with Crippen LogP contribution < -0.4 is 22.0 Å². The van der Waals surface area contributed by atoms with Crippen molar-refractivity contribution in [1.29, 1.82) is 0 Å². The zero-order valence-corrected chi connectivity index (χ0v) is 29.9. The van der Waals surface area contributed by atoms with Crippen LogP contribution in [0.25, 0.3) is 28.0 Å². The Morgan fingerprint density at radius 2 is 1.32 bits per heavy atom. The first kappa shape index (κ1) is 28.8. The summed E-state index contributed by atoms with van der Waals surface area (Å²) in [5.74, 6) is 1.05. The zero-order valence-electron chi connectivity index (χ0n) is 25.6. The molecule has 1 saturated carbocycles. The van der Waals surface area contributed by atoms with Crippen molar-refractivity contribution < 1.29 is 22.0 Å². The van der Waals surface area contributed by atoms with E-state index in [2.05, 4.69) is 125 Å². The molecule has 0 saturated heterocycles. The Hall–Kier alpha value is -2.64. The first-order valence-electron chi connectivity index (χ1n) is 16.0. The van der Waals surface area contributed by atoms with Crippen molar-refractivity contribution >= 4 is 32.7 Å². The van der Waals surface area contributed by atoms with Gasteiger partial charge in [0.2, 0.25) is 0 Å². The van der Waals surface area contributed by atoms with Crippen LogP contribution in [0.4, 0.5) is 0 Å². The molecule has 1 atom stereocenters. The van der Waals surface area contributed by atoms with Gasteiger partial charge in [0.05, 0.1) is 0 Å². The van der Waals surface area contributed by atoms with Crippen LogP contribution >= 0.6 is 15.8 Å². The van der Waals surface area contributed by atoms with Crippen molar-refractivity contribution in [2.24, 2.45) is 0 Å². The first-order chi connectivity index (χ1) is 21.7. The molecular formula is C41H39I2O-. The number of halogens is 2. The molecule has 0 N–H and O–H groups in total. The fourth-order valence-corrected chi connectivity index (χ4v) is 15.1. The van der Waals surface area contributed by atoms with E-state index in [1.54, 1.807) is 3.57 Å². The minimum absolute atomic E-state index is 0.0349. The second-order valence-electron chi connectivity index (χ2n) is 12.5. The molecule has 3 aliphatic rings. The molecule has 0 bridgehead atoms. The number of ether oxygens (including phenoxy) is 1. The van der Waals surface area contributed by atoms with Gasteiger partial charge in [-0.15, -0.1) is 0 Å². The van der Waals surface area contributed by atoms with Crippen LogP contribution in [-0.2, 0) is 11.0 Å². The number of fused-ring (bicyclic) bond motifs is 10. The Balaban J connectivity index is 1.40. The van der Waals surface area contributed by atoms with Crippen molar-refractivity contribution in [3.8, 4) is 16.9 Å². The maximum absolute atomic E-state index is 7.58. The monoisotopic (exact) mass is 801 g/mol. The van der Waals surface area contributed by atoms with E-state index in [9.17, 15) is 0 Å². The molecule has 0 aromatic heterocycles. The maximum atomic E-state index is 7.58. The molecular weight excluding hydrogens is 762 g/mol. The minimum atomic E-state index is -0.987. The standard InChI is InChI=1S/C41H39I2O/c1-42-43(2)31-23-21-30(22-24-31)41(29-15-7-6-8-16-29)28-25-35-38-37(32-17-9-10-18-33(32)39(35)44-41)34-19-11-12-20-36(34)40(38)26-13-4-3-5-14-27-40/h6-12,15-25,28H,3-5,13-14,26-27H2,1-2H3/q-1. The SMILES string of the molecule is C[I-]I(C)c1ccc(C2(c3ccccc3)C=Cc3c4c(c5ccccc5c3O2)-c2ccccc2C42CCCCCCC2)cc1. The van der Waals surface area contributed by atoms with Crippen LogP contribution in [0.5, 0.6) is 5.75 Å². The Morgan fingerprint density at radius 3 is 2.07 bits per heavy atom. The van der Waals surface area contributed by atoms with Crippen molar-refractivity contribution in [1.82, 2.24) is 0 Å². The summed E-state index contributed by atoms with van der Waals surface area (Å²) >= 11 is -0.685. The van der Waals surface area contributed by atoms with Crippen molar-refractivity contribution in [3.05, 3.63) is 141 Å². The van der Waals surface area contributed by atoms with Gasteiger partial charge in [-0.05, 0) is 0 Å². The van der Waals surface area contributed by atoms with Gasteiger partial charge < -0.3 is 0 Å². The number of rotatable bonds is 4.